The molecule has 0 fully saturated rings. The average Bonchev–Trinajstić information content (AvgIpc) is 2.58. The second kappa shape index (κ2) is 8.02. The number of carbonyl (C=O) groups is 1. The van der Waals surface area contributed by atoms with E-state index in [1.165, 1.54) is 12.1 Å². The minimum atomic E-state index is -3.50. The lowest BCUT2D eigenvalue weighted by molar-refractivity contribution is 0.0671. The van der Waals surface area contributed by atoms with Crippen molar-refractivity contribution in [2.75, 3.05) is 6.26 Å². The van der Waals surface area contributed by atoms with E-state index in [0.717, 1.165) is 18.2 Å². The molecule has 0 aromatic heterocycles. The number of hydrogen-bond acceptors (Lipinski definition) is 3. The molecule has 0 radical (unpaired) electrons. The van der Waals surface area contributed by atoms with Gasteiger partial charge in [-0.05, 0) is 37.1 Å². The molecule has 1 unspecified atom stereocenters. The van der Waals surface area contributed by atoms with E-state index in [2.05, 4.69) is 0 Å². The Morgan fingerprint density at radius 3 is 2.36 bits per heavy atom. The summed E-state index contributed by atoms with van der Waals surface area (Å²) in [5.41, 5.74) is 1.34. The summed E-state index contributed by atoms with van der Waals surface area (Å²) in [6, 6.07) is 14.1. The van der Waals surface area contributed by atoms with Crippen molar-refractivity contribution in [3.8, 4) is 0 Å². The van der Waals surface area contributed by atoms with Crippen molar-refractivity contribution in [3.05, 3.63) is 64.7 Å². The monoisotopic (exact) mass is 379 g/mol. The van der Waals surface area contributed by atoms with Crippen LogP contribution >= 0.6 is 11.6 Å². The van der Waals surface area contributed by atoms with Crippen LogP contribution in [0.25, 0.3) is 0 Å². The van der Waals surface area contributed by atoms with Gasteiger partial charge in [0.15, 0.2) is 9.84 Å². The Labute approximate surface area is 154 Å². The highest BCUT2D eigenvalue weighted by molar-refractivity contribution is 7.90. The Kier molecular flexibility index (Phi) is 6.25. The summed E-state index contributed by atoms with van der Waals surface area (Å²) >= 11 is 5.98. The number of sulfone groups is 1. The number of benzene rings is 2. The molecule has 1 atom stereocenters. The Hall–Kier alpha value is -1.85. The van der Waals surface area contributed by atoms with E-state index in [1.807, 2.05) is 44.2 Å². The molecule has 0 aliphatic heterocycles. The van der Waals surface area contributed by atoms with E-state index in [-0.39, 0.29) is 21.9 Å². The summed E-state index contributed by atoms with van der Waals surface area (Å²) in [5, 5.41) is 0.122. The molecule has 2 aromatic carbocycles. The van der Waals surface area contributed by atoms with E-state index in [1.54, 1.807) is 11.0 Å². The SMILES string of the molecule is CCC(C)N(Cc1ccccc1)C(=O)c1ccc(Cl)c(S(C)(=O)=O)c1. The van der Waals surface area contributed by atoms with Gasteiger partial charge in [-0.2, -0.15) is 0 Å². The third-order valence-corrected chi connectivity index (χ3v) is 5.74. The zero-order chi connectivity index (χ0) is 18.6. The van der Waals surface area contributed by atoms with E-state index >= 15 is 0 Å². The van der Waals surface area contributed by atoms with Crippen LogP contribution in [-0.4, -0.2) is 31.5 Å². The molecule has 0 saturated heterocycles. The molecule has 1 amide bonds. The zero-order valence-corrected chi connectivity index (χ0v) is 16.1. The highest BCUT2D eigenvalue weighted by Crippen LogP contribution is 2.24. The van der Waals surface area contributed by atoms with Crippen LogP contribution in [0.15, 0.2) is 53.4 Å². The minimum absolute atomic E-state index is 0.0186. The minimum Gasteiger partial charge on any atom is -0.332 e. The summed E-state index contributed by atoms with van der Waals surface area (Å²) in [6.45, 7) is 4.46. The lowest BCUT2D eigenvalue weighted by Gasteiger charge is -2.29. The fourth-order valence-corrected chi connectivity index (χ4v) is 3.82. The van der Waals surface area contributed by atoms with Crippen LogP contribution < -0.4 is 0 Å². The molecular formula is C19H22ClNO3S. The van der Waals surface area contributed by atoms with Gasteiger partial charge in [0.25, 0.3) is 5.91 Å². The maximum absolute atomic E-state index is 13.0. The number of carbonyl (C=O) groups excluding carboxylic acids is 1. The maximum Gasteiger partial charge on any atom is 0.254 e. The molecule has 25 heavy (non-hydrogen) atoms. The van der Waals surface area contributed by atoms with Crippen LogP contribution in [0.2, 0.25) is 5.02 Å². The summed E-state index contributed by atoms with van der Waals surface area (Å²) in [5.74, 6) is -0.209. The third kappa shape index (κ3) is 4.83. The summed E-state index contributed by atoms with van der Waals surface area (Å²) in [6.07, 6.45) is 1.88. The van der Waals surface area contributed by atoms with Crippen molar-refractivity contribution in [3.63, 3.8) is 0 Å². The molecule has 0 N–H and O–H groups in total. The van der Waals surface area contributed by atoms with E-state index in [4.69, 9.17) is 11.6 Å². The lowest BCUT2D eigenvalue weighted by atomic mass is 10.1. The van der Waals surface area contributed by atoms with Crippen molar-refractivity contribution < 1.29 is 13.2 Å². The normalized spacial score (nSPS) is 12.6. The van der Waals surface area contributed by atoms with Crippen molar-refractivity contribution in [2.24, 2.45) is 0 Å². The lowest BCUT2D eigenvalue weighted by Crippen LogP contribution is -2.37. The molecular weight excluding hydrogens is 358 g/mol. The van der Waals surface area contributed by atoms with Gasteiger partial charge in [0.2, 0.25) is 0 Å². The first-order valence-electron chi connectivity index (χ1n) is 8.08. The van der Waals surface area contributed by atoms with Crippen LogP contribution in [0.3, 0.4) is 0 Å². The first-order chi connectivity index (χ1) is 11.7. The predicted molar refractivity (Wildman–Crippen MR) is 101 cm³/mol. The molecule has 0 aliphatic carbocycles. The van der Waals surface area contributed by atoms with Crippen LogP contribution in [0.5, 0.6) is 0 Å². The number of nitrogens with zero attached hydrogens (tertiary/aromatic N) is 1. The van der Waals surface area contributed by atoms with Crippen LogP contribution in [-0.2, 0) is 16.4 Å². The van der Waals surface area contributed by atoms with Gasteiger partial charge in [0, 0.05) is 24.4 Å². The van der Waals surface area contributed by atoms with Crippen molar-refractivity contribution in [1.29, 1.82) is 0 Å². The molecule has 4 nitrogen and oxygen atoms in total. The number of amides is 1. The first kappa shape index (κ1) is 19.5. The van der Waals surface area contributed by atoms with Crippen LogP contribution in [0.1, 0.15) is 36.2 Å². The molecule has 2 rings (SSSR count). The maximum atomic E-state index is 13.0. The van der Waals surface area contributed by atoms with Gasteiger partial charge < -0.3 is 4.90 Å². The highest BCUT2D eigenvalue weighted by Gasteiger charge is 2.23. The molecule has 0 spiro atoms. The van der Waals surface area contributed by atoms with Gasteiger partial charge in [-0.1, -0.05) is 48.9 Å². The van der Waals surface area contributed by atoms with E-state index in [9.17, 15) is 13.2 Å². The Morgan fingerprint density at radius 2 is 1.80 bits per heavy atom. The summed E-state index contributed by atoms with van der Waals surface area (Å²) in [4.78, 5) is 14.8. The first-order valence-corrected chi connectivity index (χ1v) is 10.4. The number of hydrogen-bond donors (Lipinski definition) is 0. The van der Waals surface area contributed by atoms with Crippen LogP contribution in [0, 0.1) is 0 Å². The Balaban J connectivity index is 2.40. The standard InChI is InChI=1S/C19H22ClNO3S/c1-4-14(2)21(13-15-8-6-5-7-9-15)19(22)16-10-11-17(20)18(12-16)25(3,23)24/h5-12,14H,4,13H2,1-3H3. The second-order valence-corrected chi connectivity index (χ2v) is 8.48. The average molecular weight is 380 g/mol. The third-order valence-electron chi connectivity index (χ3n) is 4.16. The highest BCUT2D eigenvalue weighted by atomic mass is 35.5. The fraction of sp³-hybridized carbons (Fsp3) is 0.316. The summed E-state index contributed by atoms with van der Waals surface area (Å²) < 4.78 is 23.7. The molecule has 0 bridgehead atoms. The molecule has 0 heterocycles. The zero-order valence-electron chi connectivity index (χ0n) is 14.6. The number of halogens is 1. The second-order valence-electron chi connectivity index (χ2n) is 6.09. The predicted octanol–water partition coefficient (Wildman–Crippen LogP) is 4.18. The molecule has 0 aliphatic rings. The van der Waals surface area contributed by atoms with Gasteiger partial charge in [-0.3, -0.25) is 4.79 Å². The van der Waals surface area contributed by atoms with Gasteiger partial charge >= 0.3 is 0 Å². The quantitative estimate of drug-likeness (QED) is 0.756. The topological polar surface area (TPSA) is 54.5 Å². The van der Waals surface area contributed by atoms with E-state index in [0.29, 0.717) is 12.1 Å². The molecule has 6 heteroatoms. The Morgan fingerprint density at radius 1 is 1.16 bits per heavy atom. The van der Waals surface area contributed by atoms with Gasteiger partial charge in [-0.25, -0.2) is 8.42 Å². The smallest absolute Gasteiger partial charge is 0.254 e. The van der Waals surface area contributed by atoms with Crippen molar-refractivity contribution in [1.82, 2.24) is 4.90 Å². The number of rotatable bonds is 6. The Bertz CT molecular complexity index is 850. The van der Waals surface area contributed by atoms with Crippen molar-refractivity contribution in [2.45, 2.75) is 37.8 Å². The van der Waals surface area contributed by atoms with Gasteiger partial charge in [0.05, 0.1) is 9.92 Å². The van der Waals surface area contributed by atoms with E-state index < -0.39 is 9.84 Å². The summed E-state index contributed by atoms with van der Waals surface area (Å²) in [7, 11) is -3.50. The van der Waals surface area contributed by atoms with Crippen molar-refractivity contribution >= 4 is 27.3 Å². The fourth-order valence-electron chi connectivity index (χ4n) is 2.51. The largest absolute Gasteiger partial charge is 0.332 e. The molecule has 134 valence electrons. The van der Waals surface area contributed by atoms with Gasteiger partial charge in [-0.15, -0.1) is 0 Å². The molecule has 0 saturated carbocycles. The van der Waals surface area contributed by atoms with Gasteiger partial charge in [0.1, 0.15) is 0 Å². The van der Waals surface area contributed by atoms with Crippen LogP contribution in [0.4, 0.5) is 0 Å². The molecule has 2 aromatic rings.